The van der Waals surface area contributed by atoms with Gasteiger partial charge in [-0.05, 0) is 12.3 Å². The summed E-state index contributed by atoms with van der Waals surface area (Å²) < 4.78 is 43.2. The van der Waals surface area contributed by atoms with Crippen LogP contribution in [-0.4, -0.2) is 58.2 Å². The van der Waals surface area contributed by atoms with Crippen molar-refractivity contribution in [1.29, 1.82) is 0 Å². The predicted molar refractivity (Wildman–Crippen MR) is 89.8 cm³/mol. The Morgan fingerprint density at radius 1 is 1.12 bits per heavy atom. The smallest absolute Gasteiger partial charge is 0.307 e. The molecular formula is C16H23NO7S. The lowest BCUT2D eigenvalue weighted by Gasteiger charge is -2.34. The average molecular weight is 373 g/mol. The minimum absolute atomic E-state index is 0.0696. The molecular weight excluding hydrogens is 350 g/mol. The number of methoxy groups -OCH3 is 3. The Morgan fingerprint density at radius 3 is 2.12 bits per heavy atom. The number of piperidine rings is 1. The molecule has 0 amide bonds. The number of carbonyl (C=O) groups is 1. The van der Waals surface area contributed by atoms with Crippen LogP contribution in [0.1, 0.15) is 13.3 Å². The molecule has 1 N–H and O–H groups in total. The maximum Gasteiger partial charge on any atom is 0.307 e. The molecule has 1 aliphatic rings. The number of sulfonamides is 1. The molecule has 0 aromatic heterocycles. The molecule has 1 aromatic rings. The van der Waals surface area contributed by atoms with Crippen molar-refractivity contribution in [3.8, 4) is 17.2 Å². The van der Waals surface area contributed by atoms with Gasteiger partial charge in [0.2, 0.25) is 0 Å². The Hall–Kier alpha value is -2.00. The molecule has 1 fully saturated rings. The predicted octanol–water partition coefficient (Wildman–Crippen LogP) is 1.44. The van der Waals surface area contributed by atoms with Crippen LogP contribution in [0.2, 0.25) is 0 Å². The normalized spacial score (nSPS) is 21.6. The van der Waals surface area contributed by atoms with Crippen LogP contribution < -0.4 is 14.2 Å². The van der Waals surface area contributed by atoms with E-state index in [1.165, 1.54) is 37.8 Å². The first-order valence-electron chi connectivity index (χ1n) is 7.77. The summed E-state index contributed by atoms with van der Waals surface area (Å²) in [5, 5.41) is 9.29. The van der Waals surface area contributed by atoms with E-state index in [0.29, 0.717) is 12.2 Å². The third-order valence-corrected chi connectivity index (χ3v) is 6.14. The Kier molecular flexibility index (Phi) is 5.79. The summed E-state index contributed by atoms with van der Waals surface area (Å²) in [5.41, 5.74) is 0. The number of carboxylic acid groups (broad SMARTS) is 1. The van der Waals surface area contributed by atoms with Gasteiger partial charge in [-0.2, -0.15) is 4.31 Å². The van der Waals surface area contributed by atoms with Gasteiger partial charge in [0.1, 0.15) is 17.2 Å². The minimum atomic E-state index is -4.01. The van der Waals surface area contributed by atoms with Crippen molar-refractivity contribution in [3.63, 3.8) is 0 Å². The van der Waals surface area contributed by atoms with Gasteiger partial charge in [-0.25, -0.2) is 8.42 Å². The SMILES string of the molecule is COc1cc(OC)c(S(=O)(=O)N2CC(C)CC(C(=O)O)C2)c(OC)c1. The third kappa shape index (κ3) is 3.82. The minimum Gasteiger partial charge on any atom is -0.496 e. The van der Waals surface area contributed by atoms with E-state index in [9.17, 15) is 18.3 Å². The van der Waals surface area contributed by atoms with E-state index in [2.05, 4.69) is 0 Å². The van der Waals surface area contributed by atoms with E-state index >= 15 is 0 Å². The van der Waals surface area contributed by atoms with E-state index < -0.39 is 21.9 Å². The number of ether oxygens (including phenoxy) is 3. The largest absolute Gasteiger partial charge is 0.496 e. The fourth-order valence-electron chi connectivity index (χ4n) is 3.03. The number of carboxylic acids is 1. The molecule has 9 heteroatoms. The Labute approximate surface area is 147 Å². The van der Waals surface area contributed by atoms with Gasteiger partial charge in [-0.1, -0.05) is 6.92 Å². The topological polar surface area (TPSA) is 102 Å². The number of nitrogens with zero attached hydrogens (tertiary/aromatic N) is 1. The van der Waals surface area contributed by atoms with Crippen molar-refractivity contribution in [2.24, 2.45) is 11.8 Å². The molecule has 1 aromatic carbocycles. The summed E-state index contributed by atoms with van der Waals surface area (Å²) in [5.74, 6) is -1.25. The molecule has 2 rings (SSSR count). The van der Waals surface area contributed by atoms with Crippen LogP contribution in [0.4, 0.5) is 0 Å². The number of rotatable bonds is 6. The van der Waals surface area contributed by atoms with Gasteiger partial charge in [0.15, 0.2) is 4.90 Å². The number of hydrogen-bond acceptors (Lipinski definition) is 6. The van der Waals surface area contributed by atoms with Gasteiger partial charge in [0.25, 0.3) is 10.0 Å². The zero-order chi connectivity index (χ0) is 18.8. The summed E-state index contributed by atoms with van der Waals surface area (Å²) in [6, 6.07) is 2.91. The second kappa shape index (κ2) is 7.49. The molecule has 140 valence electrons. The van der Waals surface area contributed by atoms with Gasteiger partial charge in [0, 0.05) is 25.2 Å². The van der Waals surface area contributed by atoms with Crippen LogP contribution in [0.25, 0.3) is 0 Å². The zero-order valence-electron chi connectivity index (χ0n) is 14.7. The summed E-state index contributed by atoms with van der Waals surface area (Å²) in [6.07, 6.45) is 0.443. The lowest BCUT2D eigenvalue weighted by atomic mass is 9.92. The molecule has 1 aliphatic heterocycles. The van der Waals surface area contributed by atoms with Gasteiger partial charge < -0.3 is 19.3 Å². The molecule has 0 aliphatic carbocycles. The highest BCUT2D eigenvalue weighted by Gasteiger charge is 2.39. The van der Waals surface area contributed by atoms with E-state index in [-0.39, 0.29) is 35.4 Å². The van der Waals surface area contributed by atoms with Crippen LogP contribution in [0.5, 0.6) is 17.2 Å². The number of benzene rings is 1. The highest BCUT2D eigenvalue weighted by Crippen LogP contribution is 2.40. The summed E-state index contributed by atoms with van der Waals surface area (Å²) >= 11 is 0. The van der Waals surface area contributed by atoms with Crippen LogP contribution >= 0.6 is 0 Å². The average Bonchev–Trinajstić information content (AvgIpc) is 2.59. The second-order valence-corrected chi connectivity index (χ2v) is 7.93. The number of aliphatic carboxylic acids is 1. The van der Waals surface area contributed by atoms with Crippen molar-refractivity contribution >= 4 is 16.0 Å². The first-order chi connectivity index (χ1) is 11.7. The highest BCUT2D eigenvalue weighted by atomic mass is 32.2. The molecule has 0 radical (unpaired) electrons. The summed E-state index contributed by atoms with van der Waals surface area (Å²) in [4.78, 5) is 11.2. The molecule has 8 nitrogen and oxygen atoms in total. The quantitative estimate of drug-likeness (QED) is 0.805. The fourth-order valence-corrected chi connectivity index (χ4v) is 4.91. The van der Waals surface area contributed by atoms with Crippen molar-refractivity contribution in [1.82, 2.24) is 4.31 Å². The summed E-state index contributed by atoms with van der Waals surface area (Å²) in [6.45, 7) is 1.99. The maximum absolute atomic E-state index is 13.2. The second-order valence-electron chi connectivity index (χ2n) is 6.06. The lowest BCUT2D eigenvalue weighted by Crippen LogP contribution is -2.45. The molecule has 2 unspecified atom stereocenters. The molecule has 0 saturated carbocycles. The van der Waals surface area contributed by atoms with Gasteiger partial charge in [-0.15, -0.1) is 0 Å². The van der Waals surface area contributed by atoms with E-state index in [0.717, 1.165) is 0 Å². The van der Waals surface area contributed by atoms with Crippen molar-refractivity contribution in [2.75, 3.05) is 34.4 Å². The summed E-state index contributed by atoms with van der Waals surface area (Å²) in [7, 11) is 0.150. The lowest BCUT2D eigenvalue weighted by molar-refractivity contribution is -0.143. The molecule has 1 heterocycles. The molecule has 1 saturated heterocycles. The molecule has 0 bridgehead atoms. The Bertz CT molecular complexity index is 722. The third-order valence-electron chi connectivity index (χ3n) is 4.24. The number of hydrogen-bond donors (Lipinski definition) is 1. The molecule has 0 spiro atoms. The van der Waals surface area contributed by atoms with Crippen LogP contribution in [0.15, 0.2) is 17.0 Å². The first-order valence-corrected chi connectivity index (χ1v) is 9.21. The van der Waals surface area contributed by atoms with Gasteiger partial charge in [-0.3, -0.25) is 4.79 Å². The zero-order valence-corrected chi connectivity index (χ0v) is 15.5. The van der Waals surface area contributed by atoms with Gasteiger partial charge >= 0.3 is 5.97 Å². The first kappa shape index (κ1) is 19.3. The fraction of sp³-hybridized carbons (Fsp3) is 0.562. The Morgan fingerprint density at radius 2 is 1.68 bits per heavy atom. The van der Waals surface area contributed by atoms with Crippen molar-refractivity contribution in [2.45, 2.75) is 18.2 Å². The molecule has 2 atom stereocenters. The standard InChI is InChI=1S/C16H23NO7S/c1-10-5-11(16(18)19)9-17(8-10)25(20,21)15-13(23-3)6-12(22-2)7-14(15)24-4/h6-7,10-11H,5,8-9H2,1-4H3,(H,18,19). The van der Waals surface area contributed by atoms with Crippen LogP contribution in [0.3, 0.4) is 0 Å². The van der Waals surface area contributed by atoms with Crippen LogP contribution in [0, 0.1) is 11.8 Å². The van der Waals surface area contributed by atoms with E-state index in [4.69, 9.17) is 14.2 Å². The Balaban J connectivity index is 2.53. The van der Waals surface area contributed by atoms with E-state index in [1.807, 2.05) is 6.92 Å². The highest BCUT2D eigenvalue weighted by molar-refractivity contribution is 7.89. The maximum atomic E-state index is 13.2. The monoisotopic (exact) mass is 373 g/mol. The van der Waals surface area contributed by atoms with Gasteiger partial charge in [0.05, 0.1) is 27.2 Å². The van der Waals surface area contributed by atoms with Crippen LogP contribution in [-0.2, 0) is 14.8 Å². The van der Waals surface area contributed by atoms with E-state index in [1.54, 1.807) is 0 Å². The molecule has 25 heavy (non-hydrogen) atoms. The van der Waals surface area contributed by atoms with Crippen molar-refractivity contribution in [3.05, 3.63) is 12.1 Å². The van der Waals surface area contributed by atoms with Crippen molar-refractivity contribution < 1.29 is 32.5 Å².